The second-order valence-corrected chi connectivity index (χ2v) is 5.47. The average Bonchev–Trinajstić information content (AvgIpc) is 2.99. The number of benzene rings is 1. The molecular formula is C15H19N3O3. The zero-order valence-corrected chi connectivity index (χ0v) is 12.0. The molecule has 0 spiro atoms. The average molecular weight is 289 g/mol. The van der Waals surface area contributed by atoms with Crippen LogP contribution in [0.2, 0.25) is 0 Å². The van der Waals surface area contributed by atoms with Crippen LogP contribution in [-0.4, -0.2) is 31.2 Å². The zero-order valence-electron chi connectivity index (χ0n) is 12.0. The molecule has 1 aromatic carbocycles. The molecule has 0 saturated carbocycles. The Morgan fingerprint density at radius 2 is 2.24 bits per heavy atom. The highest BCUT2D eigenvalue weighted by Gasteiger charge is 2.33. The SMILES string of the molecule is CCCc1cc2c(cc1N1C[C@@H](CN)OC1=O)CC(=O)N2. The summed E-state index contributed by atoms with van der Waals surface area (Å²) >= 11 is 0. The van der Waals surface area contributed by atoms with Crippen LogP contribution in [0.4, 0.5) is 16.2 Å². The fraction of sp³-hybridized carbons (Fsp3) is 0.467. The van der Waals surface area contributed by atoms with E-state index in [0.29, 0.717) is 19.5 Å². The molecule has 0 aromatic heterocycles. The van der Waals surface area contributed by atoms with Crippen LogP contribution >= 0.6 is 0 Å². The second kappa shape index (κ2) is 5.37. The van der Waals surface area contributed by atoms with Crippen molar-refractivity contribution in [3.05, 3.63) is 23.3 Å². The van der Waals surface area contributed by atoms with Gasteiger partial charge in [-0.05, 0) is 29.7 Å². The van der Waals surface area contributed by atoms with Gasteiger partial charge in [0.2, 0.25) is 5.91 Å². The smallest absolute Gasteiger partial charge is 0.414 e. The molecule has 0 unspecified atom stereocenters. The number of cyclic esters (lactones) is 1. The first-order valence-corrected chi connectivity index (χ1v) is 7.26. The topological polar surface area (TPSA) is 84.7 Å². The van der Waals surface area contributed by atoms with Gasteiger partial charge < -0.3 is 15.8 Å². The summed E-state index contributed by atoms with van der Waals surface area (Å²) in [5.74, 6) is -0.00608. The number of hydrogen-bond donors (Lipinski definition) is 2. The van der Waals surface area contributed by atoms with E-state index in [1.54, 1.807) is 4.90 Å². The predicted octanol–water partition coefficient (Wildman–Crippen LogP) is 1.42. The molecule has 1 atom stereocenters. The summed E-state index contributed by atoms with van der Waals surface area (Å²) < 4.78 is 5.23. The molecule has 0 aliphatic carbocycles. The van der Waals surface area contributed by atoms with E-state index in [0.717, 1.165) is 35.3 Å². The minimum absolute atomic E-state index is 0.00608. The Morgan fingerprint density at radius 3 is 2.90 bits per heavy atom. The molecule has 2 heterocycles. The molecule has 2 aliphatic rings. The van der Waals surface area contributed by atoms with Crippen molar-refractivity contribution in [3.63, 3.8) is 0 Å². The van der Waals surface area contributed by atoms with E-state index >= 15 is 0 Å². The van der Waals surface area contributed by atoms with Gasteiger partial charge in [0.1, 0.15) is 6.10 Å². The van der Waals surface area contributed by atoms with E-state index in [1.807, 2.05) is 12.1 Å². The minimum Gasteiger partial charge on any atom is -0.443 e. The van der Waals surface area contributed by atoms with Crippen molar-refractivity contribution < 1.29 is 14.3 Å². The lowest BCUT2D eigenvalue weighted by molar-refractivity contribution is -0.115. The Morgan fingerprint density at radius 1 is 1.43 bits per heavy atom. The summed E-state index contributed by atoms with van der Waals surface area (Å²) in [5, 5.41) is 2.85. The minimum atomic E-state index is -0.361. The van der Waals surface area contributed by atoms with Crippen LogP contribution in [0.5, 0.6) is 0 Å². The van der Waals surface area contributed by atoms with Crippen molar-refractivity contribution in [1.82, 2.24) is 0 Å². The summed E-state index contributed by atoms with van der Waals surface area (Å²) in [6, 6.07) is 3.90. The second-order valence-electron chi connectivity index (χ2n) is 5.47. The molecule has 3 N–H and O–H groups in total. The van der Waals surface area contributed by atoms with Crippen molar-refractivity contribution in [3.8, 4) is 0 Å². The number of hydrogen-bond acceptors (Lipinski definition) is 4. The van der Waals surface area contributed by atoms with E-state index in [9.17, 15) is 9.59 Å². The Bertz CT molecular complexity index is 600. The fourth-order valence-corrected chi connectivity index (χ4v) is 2.87. The van der Waals surface area contributed by atoms with Gasteiger partial charge in [0.25, 0.3) is 0 Å². The Labute approximate surface area is 123 Å². The Kier molecular flexibility index (Phi) is 3.55. The first-order valence-electron chi connectivity index (χ1n) is 7.26. The number of anilines is 2. The molecule has 1 fully saturated rings. The normalized spacial score (nSPS) is 20.5. The van der Waals surface area contributed by atoms with E-state index in [2.05, 4.69) is 12.2 Å². The van der Waals surface area contributed by atoms with E-state index in [1.165, 1.54) is 0 Å². The van der Waals surface area contributed by atoms with Crippen molar-refractivity contribution in [2.75, 3.05) is 23.3 Å². The largest absolute Gasteiger partial charge is 0.443 e. The van der Waals surface area contributed by atoms with Crippen molar-refractivity contribution >= 4 is 23.4 Å². The van der Waals surface area contributed by atoms with Gasteiger partial charge in [-0.15, -0.1) is 0 Å². The van der Waals surface area contributed by atoms with Crippen LogP contribution < -0.4 is 16.0 Å². The standard InChI is InChI=1S/C15H19N3O3/c1-2-3-9-4-12-10(6-14(19)17-12)5-13(9)18-8-11(7-16)21-15(18)20/h4-5,11H,2-3,6-8,16H2,1H3,(H,17,19)/t11-/m1/s1. The number of nitrogens with one attached hydrogen (secondary N) is 1. The molecular weight excluding hydrogens is 270 g/mol. The summed E-state index contributed by atoms with van der Waals surface area (Å²) in [6.45, 7) is 2.86. The van der Waals surface area contributed by atoms with Gasteiger partial charge >= 0.3 is 6.09 Å². The van der Waals surface area contributed by atoms with Crippen LogP contribution in [0.3, 0.4) is 0 Å². The van der Waals surface area contributed by atoms with Gasteiger partial charge in [-0.2, -0.15) is 0 Å². The first-order chi connectivity index (χ1) is 10.1. The van der Waals surface area contributed by atoms with Crippen LogP contribution in [0.25, 0.3) is 0 Å². The Balaban J connectivity index is 1.99. The number of nitrogens with zero attached hydrogens (tertiary/aromatic N) is 1. The molecule has 21 heavy (non-hydrogen) atoms. The van der Waals surface area contributed by atoms with E-state index < -0.39 is 0 Å². The molecule has 0 radical (unpaired) electrons. The quantitative estimate of drug-likeness (QED) is 0.878. The molecule has 0 bridgehead atoms. The van der Waals surface area contributed by atoms with Crippen LogP contribution in [0.1, 0.15) is 24.5 Å². The lowest BCUT2D eigenvalue weighted by Crippen LogP contribution is -2.28. The van der Waals surface area contributed by atoms with Crippen LogP contribution in [0.15, 0.2) is 12.1 Å². The van der Waals surface area contributed by atoms with E-state index in [4.69, 9.17) is 10.5 Å². The summed E-state index contributed by atoms with van der Waals surface area (Å²) in [6.07, 6.45) is 1.54. The van der Waals surface area contributed by atoms with E-state index in [-0.39, 0.29) is 18.1 Å². The number of ether oxygens (including phenoxy) is 1. The first kappa shape index (κ1) is 13.9. The zero-order chi connectivity index (χ0) is 15.0. The molecule has 3 rings (SSSR count). The monoisotopic (exact) mass is 289 g/mol. The lowest BCUT2D eigenvalue weighted by atomic mass is 10.0. The molecule has 112 valence electrons. The van der Waals surface area contributed by atoms with Gasteiger partial charge in [-0.1, -0.05) is 13.3 Å². The molecule has 1 saturated heterocycles. The number of fused-ring (bicyclic) bond motifs is 1. The summed E-state index contributed by atoms with van der Waals surface area (Å²) in [7, 11) is 0. The van der Waals surface area contributed by atoms with Gasteiger partial charge in [0.15, 0.2) is 0 Å². The third-order valence-corrected chi connectivity index (χ3v) is 3.88. The molecule has 2 amide bonds. The van der Waals surface area contributed by atoms with Crippen molar-refractivity contribution in [2.24, 2.45) is 5.73 Å². The molecule has 2 aliphatic heterocycles. The van der Waals surface area contributed by atoms with Gasteiger partial charge in [0.05, 0.1) is 18.7 Å². The van der Waals surface area contributed by atoms with Crippen molar-refractivity contribution in [2.45, 2.75) is 32.3 Å². The van der Waals surface area contributed by atoms with Crippen molar-refractivity contribution in [1.29, 1.82) is 0 Å². The third kappa shape index (κ3) is 2.47. The summed E-state index contributed by atoms with van der Waals surface area (Å²) in [4.78, 5) is 25.2. The maximum Gasteiger partial charge on any atom is 0.414 e. The highest BCUT2D eigenvalue weighted by atomic mass is 16.6. The molecule has 1 aromatic rings. The number of nitrogens with two attached hydrogens (primary N) is 1. The maximum atomic E-state index is 12.0. The molecule has 6 heteroatoms. The number of rotatable bonds is 4. The summed E-state index contributed by atoms with van der Waals surface area (Å²) in [5.41, 5.74) is 9.26. The van der Waals surface area contributed by atoms with Gasteiger partial charge in [-0.3, -0.25) is 9.69 Å². The van der Waals surface area contributed by atoms with Crippen LogP contribution in [0, 0.1) is 0 Å². The van der Waals surface area contributed by atoms with Crippen LogP contribution in [-0.2, 0) is 22.4 Å². The maximum absolute atomic E-state index is 12.0. The third-order valence-electron chi connectivity index (χ3n) is 3.88. The lowest BCUT2D eigenvalue weighted by Gasteiger charge is -2.19. The number of amides is 2. The number of carbonyl (C=O) groups is 2. The number of aryl methyl sites for hydroxylation is 1. The molecule has 6 nitrogen and oxygen atoms in total. The fourth-order valence-electron chi connectivity index (χ4n) is 2.87. The van der Waals surface area contributed by atoms with Gasteiger partial charge in [-0.25, -0.2) is 4.79 Å². The number of carbonyl (C=O) groups excluding carboxylic acids is 2. The Hall–Kier alpha value is -2.08. The highest BCUT2D eigenvalue weighted by molar-refractivity contribution is 6.01. The highest BCUT2D eigenvalue weighted by Crippen LogP contribution is 2.34. The van der Waals surface area contributed by atoms with Gasteiger partial charge in [0, 0.05) is 12.2 Å². The predicted molar refractivity (Wildman–Crippen MR) is 79.4 cm³/mol.